The number of para-hydroxylation sites is 2. The van der Waals surface area contributed by atoms with Gasteiger partial charge in [-0.1, -0.05) is 54.6 Å². The lowest BCUT2D eigenvalue weighted by Gasteiger charge is -2.32. The van der Waals surface area contributed by atoms with Gasteiger partial charge in [0.25, 0.3) is 0 Å². The van der Waals surface area contributed by atoms with E-state index in [4.69, 9.17) is 24.0 Å². The second kappa shape index (κ2) is 7.98. The molecule has 0 N–H and O–H groups in total. The summed E-state index contributed by atoms with van der Waals surface area (Å²) in [6.07, 6.45) is 0. The van der Waals surface area contributed by atoms with Crippen LogP contribution in [0.25, 0.3) is 33.5 Å². The van der Waals surface area contributed by atoms with E-state index >= 15 is 0 Å². The molecule has 33 heavy (non-hydrogen) atoms. The van der Waals surface area contributed by atoms with Crippen LogP contribution >= 0.6 is 0 Å². The van der Waals surface area contributed by atoms with Crippen molar-refractivity contribution in [1.82, 2.24) is 9.97 Å². The van der Waals surface area contributed by atoms with E-state index in [1.54, 1.807) is 7.11 Å². The lowest BCUT2D eigenvalue weighted by atomic mass is 9.77. The summed E-state index contributed by atoms with van der Waals surface area (Å²) in [5, 5.41) is 0. The number of aromatic nitrogens is 2. The molecular weight excluding hydrogens is 411 g/mol. The highest BCUT2D eigenvalue weighted by Gasteiger charge is 2.52. The summed E-state index contributed by atoms with van der Waals surface area (Å²) >= 11 is 0. The van der Waals surface area contributed by atoms with Crippen molar-refractivity contribution in [2.75, 3.05) is 7.11 Å². The molecule has 0 bridgehead atoms. The highest BCUT2D eigenvalue weighted by atomic mass is 16.7. The molecule has 5 nitrogen and oxygen atoms in total. The zero-order chi connectivity index (χ0) is 23.2. The van der Waals surface area contributed by atoms with Crippen LogP contribution in [0.4, 0.5) is 0 Å². The van der Waals surface area contributed by atoms with Gasteiger partial charge in [-0.15, -0.1) is 0 Å². The van der Waals surface area contributed by atoms with Crippen molar-refractivity contribution in [3.05, 3.63) is 72.8 Å². The molecule has 1 aromatic heterocycles. The van der Waals surface area contributed by atoms with Gasteiger partial charge in [-0.3, -0.25) is 0 Å². The molecule has 0 spiro atoms. The maximum Gasteiger partial charge on any atom is 0.498 e. The monoisotopic (exact) mass is 438 g/mol. The van der Waals surface area contributed by atoms with Crippen molar-refractivity contribution in [3.8, 4) is 28.3 Å². The Morgan fingerprint density at radius 3 is 1.82 bits per heavy atom. The van der Waals surface area contributed by atoms with Crippen LogP contribution in [0.3, 0.4) is 0 Å². The summed E-state index contributed by atoms with van der Waals surface area (Å²) in [4.78, 5) is 9.95. The first-order valence-corrected chi connectivity index (χ1v) is 11.2. The van der Waals surface area contributed by atoms with Gasteiger partial charge < -0.3 is 14.0 Å². The topological polar surface area (TPSA) is 53.5 Å². The Hall–Kier alpha value is -3.22. The normalized spacial score (nSPS) is 16.8. The van der Waals surface area contributed by atoms with Crippen molar-refractivity contribution in [1.29, 1.82) is 0 Å². The maximum atomic E-state index is 6.26. The largest absolute Gasteiger partial charge is 0.498 e. The number of hydrogen-bond donors (Lipinski definition) is 0. The van der Waals surface area contributed by atoms with E-state index in [1.165, 1.54) is 0 Å². The van der Waals surface area contributed by atoms with E-state index in [0.29, 0.717) is 5.75 Å². The van der Waals surface area contributed by atoms with Crippen LogP contribution in [0.1, 0.15) is 27.7 Å². The summed E-state index contributed by atoms with van der Waals surface area (Å²) < 4.78 is 18.3. The third-order valence-corrected chi connectivity index (χ3v) is 6.63. The molecule has 0 amide bonds. The Morgan fingerprint density at radius 1 is 0.697 bits per heavy atom. The summed E-state index contributed by atoms with van der Waals surface area (Å²) in [6.45, 7) is 8.19. The molecule has 5 rings (SSSR count). The zero-order valence-electron chi connectivity index (χ0n) is 19.6. The average molecular weight is 438 g/mol. The highest BCUT2D eigenvalue weighted by Crippen LogP contribution is 2.38. The Morgan fingerprint density at radius 2 is 1.24 bits per heavy atom. The highest BCUT2D eigenvalue weighted by molar-refractivity contribution is 6.63. The maximum absolute atomic E-state index is 6.26. The summed E-state index contributed by atoms with van der Waals surface area (Å²) in [6, 6.07) is 24.1. The molecule has 2 heterocycles. The van der Waals surface area contributed by atoms with Gasteiger partial charge in [0.2, 0.25) is 0 Å². The van der Waals surface area contributed by atoms with Gasteiger partial charge in [-0.25, -0.2) is 9.97 Å². The van der Waals surface area contributed by atoms with E-state index in [1.807, 2.05) is 88.4 Å². The van der Waals surface area contributed by atoms with Gasteiger partial charge in [0.1, 0.15) is 5.75 Å². The molecule has 1 fully saturated rings. The third kappa shape index (κ3) is 3.79. The summed E-state index contributed by atoms with van der Waals surface area (Å²) in [5.41, 5.74) is 5.29. The zero-order valence-corrected chi connectivity index (χ0v) is 19.6. The minimum Gasteiger partial charge on any atom is -0.497 e. The molecule has 1 saturated heterocycles. The van der Waals surface area contributed by atoms with Crippen molar-refractivity contribution >= 4 is 23.6 Å². The standard InChI is InChI=1S/C27H27BN2O3/c1-26(2)27(3,4)33-28(32-26)20-16-15-19(17-23(20)31-5)25-24(18-11-7-6-8-12-18)29-21-13-9-10-14-22(21)30-25/h6-17H,1-5H3. The second-order valence-electron chi connectivity index (χ2n) is 9.32. The predicted molar refractivity (Wildman–Crippen MR) is 133 cm³/mol. The first-order valence-electron chi connectivity index (χ1n) is 11.2. The summed E-state index contributed by atoms with van der Waals surface area (Å²) in [7, 11) is 1.16. The van der Waals surface area contributed by atoms with Crippen molar-refractivity contribution < 1.29 is 14.0 Å². The molecule has 0 atom stereocenters. The second-order valence-corrected chi connectivity index (χ2v) is 9.32. The summed E-state index contributed by atoms with van der Waals surface area (Å²) in [5.74, 6) is 0.694. The van der Waals surface area contributed by atoms with Gasteiger partial charge >= 0.3 is 7.12 Å². The van der Waals surface area contributed by atoms with E-state index in [9.17, 15) is 0 Å². The predicted octanol–water partition coefficient (Wildman–Crippen LogP) is 5.27. The van der Waals surface area contributed by atoms with Crippen molar-refractivity contribution in [2.45, 2.75) is 38.9 Å². The fourth-order valence-corrected chi connectivity index (χ4v) is 4.02. The Labute approximate surface area is 194 Å². The number of fused-ring (bicyclic) bond motifs is 1. The molecule has 0 radical (unpaired) electrons. The average Bonchev–Trinajstić information content (AvgIpc) is 3.04. The molecule has 166 valence electrons. The molecule has 1 aliphatic rings. The number of ether oxygens (including phenoxy) is 1. The molecule has 1 aliphatic heterocycles. The third-order valence-electron chi connectivity index (χ3n) is 6.63. The first-order chi connectivity index (χ1) is 15.8. The van der Waals surface area contributed by atoms with Crippen LogP contribution < -0.4 is 10.2 Å². The molecule has 0 aliphatic carbocycles. The van der Waals surface area contributed by atoms with E-state index < -0.39 is 18.3 Å². The van der Waals surface area contributed by atoms with Crippen LogP contribution in [0.15, 0.2) is 72.8 Å². The Kier molecular flexibility index (Phi) is 5.23. The lowest BCUT2D eigenvalue weighted by molar-refractivity contribution is 0.00578. The number of hydrogen-bond acceptors (Lipinski definition) is 5. The molecule has 3 aromatic carbocycles. The van der Waals surface area contributed by atoms with Gasteiger partial charge in [0.05, 0.1) is 40.7 Å². The SMILES string of the molecule is COc1cc(-c2nc3ccccc3nc2-c2ccccc2)ccc1B1OC(C)(C)C(C)(C)O1. The van der Waals surface area contributed by atoms with E-state index in [2.05, 4.69) is 12.1 Å². The molecular formula is C27H27BN2O3. The van der Waals surface area contributed by atoms with Crippen LogP contribution in [-0.4, -0.2) is 35.4 Å². The van der Waals surface area contributed by atoms with E-state index in [-0.39, 0.29) is 0 Å². The smallest absolute Gasteiger partial charge is 0.497 e. The Bertz CT molecular complexity index is 1310. The molecule has 0 saturated carbocycles. The van der Waals surface area contributed by atoms with Gasteiger partial charge in [-0.2, -0.15) is 0 Å². The van der Waals surface area contributed by atoms with Crippen LogP contribution in [0.5, 0.6) is 5.75 Å². The van der Waals surface area contributed by atoms with Crippen LogP contribution in [-0.2, 0) is 9.31 Å². The van der Waals surface area contributed by atoms with Crippen molar-refractivity contribution in [3.63, 3.8) is 0 Å². The number of nitrogens with zero attached hydrogens (tertiary/aromatic N) is 2. The van der Waals surface area contributed by atoms with Crippen molar-refractivity contribution in [2.24, 2.45) is 0 Å². The molecule has 0 unspecified atom stereocenters. The lowest BCUT2D eigenvalue weighted by Crippen LogP contribution is -2.41. The number of methoxy groups -OCH3 is 1. The number of rotatable bonds is 4. The molecule has 4 aromatic rings. The van der Waals surface area contributed by atoms with Crippen LogP contribution in [0.2, 0.25) is 0 Å². The number of benzene rings is 3. The fraction of sp³-hybridized carbons (Fsp3) is 0.259. The molecule has 6 heteroatoms. The minimum atomic E-state index is -0.504. The van der Waals surface area contributed by atoms with E-state index in [0.717, 1.165) is 39.0 Å². The van der Waals surface area contributed by atoms with Gasteiger partial charge in [0.15, 0.2) is 0 Å². The minimum absolute atomic E-state index is 0.425. The fourth-order valence-electron chi connectivity index (χ4n) is 4.02. The van der Waals surface area contributed by atoms with Gasteiger partial charge in [0, 0.05) is 16.6 Å². The first kappa shape index (κ1) is 21.6. The van der Waals surface area contributed by atoms with Gasteiger partial charge in [-0.05, 0) is 45.9 Å². The Balaban J connectivity index is 1.64. The van der Waals surface area contributed by atoms with Crippen LogP contribution in [0, 0.1) is 0 Å². The quantitative estimate of drug-likeness (QED) is 0.407.